The van der Waals surface area contributed by atoms with E-state index in [2.05, 4.69) is 27.6 Å². The second-order valence-corrected chi connectivity index (χ2v) is 5.36. The van der Waals surface area contributed by atoms with Crippen molar-refractivity contribution < 1.29 is 0 Å². The number of anilines is 1. The number of hydrogen-bond donors (Lipinski definition) is 2. The number of hydrogen-bond acceptors (Lipinski definition) is 4. The predicted octanol–water partition coefficient (Wildman–Crippen LogP) is 1.91. The van der Waals surface area contributed by atoms with Crippen molar-refractivity contribution in [2.75, 3.05) is 12.4 Å². The van der Waals surface area contributed by atoms with Crippen molar-refractivity contribution in [3.8, 4) is 0 Å². The van der Waals surface area contributed by atoms with E-state index in [1.807, 2.05) is 30.2 Å². The molecule has 102 valence electrons. The number of nitrogens with zero attached hydrogens (tertiary/aromatic N) is 3. The van der Waals surface area contributed by atoms with Crippen molar-refractivity contribution in [2.24, 2.45) is 7.05 Å². The van der Waals surface area contributed by atoms with Gasteiger partial charge in [-0.05, 0) is 38.8 Å². The van der Waals surface area contributed by atoms with Crippen LogP contribution in [-0.4, -0.2) is 33.7 Å². The van der Waals surface area contributed by atoms with Crippen molar-refractivity contribution >= 4 is 16.9 Å². The van der Waals surface area contributed by atoms with Gasteiger partial charge in [0.1, 0.15) is 5.52 Å². The summed E-state index contributed by atoms with van der Waals surface area (Å²) < 4.78 is 2.03. The maximum Gasteiger partial charge on any atom is 0.154 e. The second kappa shape index (κ2) is 5.17. The summed E-state index contributed by atoms with van der Waals surface area (Å²) in [5.74, 6) is 0.922. The van der Waals surface area contributed by atoms with Crippen molar-refractivity contribution in [2.45, 2.75) is 37.8 Å². The summed E-state index contributed by atoms with van der Waals surface area (Å²) >= 11 is 0. The topological polar surface area (TPSA) is 54.8 Å². The first kappa shape index (κ1) is 12.4. The van der Waals surface area contributed by atoms with Crippen LogP contribution in [0.25, 0.3) is 11.0 Å². The minimum absolute atomic E-state index is 0.518. The van der Waals surface area contributed by atoms with E-state index < -0.39 is 0 Å². The molecule has 3 rings (SSSR count). The van der Waals surface area contributed by atoms with Gasteiger partial charge in [-0.2, -0.15) is 0 Å². The molecule has 0 saturated heterocycles. The van der Waals surface area contributed by atoms with E-state index in [-0.39, 0.29) is 0 Å². The molecular formula is C14H21N5. The van der Waals surface area contributed by atoms with Crippen molar-refractivity contribution in [1.82, 2.24) is 19.9 Å². The lowest BCUT2D eigenvalue weighted by atomic mass is 9.91. The summed E-state index contributed by atoms with van der Waals surface area (Å²) in [6, 6.07) is 3.20. The Hall–Kier alpha value is -1.62. The Morgan fingerprint density at radius 1 is 1.16 bits per heavy atom. The summed E-state index contributed by atoms with van der Waals surface area (Å²) in [6.45, 7) is 0. The highest BCUT2D eigenvalue weighted by atomic mass is 15.1. The first-order valence-electron chi connectivity index (χ1n) is 6.97. The summed E-state index contributed by atoms with van der Waals surface area (Å²) in [6.07, 6.45) is 8.53. The van der Waals surface area contributed by atoms with Gasteiger partial charge in [-0.3, -0.25) is 0 Å². The lowest BCUT2D eigenvalue weighted by molar-refractivity contribution is 0.371. The Kier molecular flexibility index (Phi) is 3.38. The Bertz CT molecular complexity index is 554. The van der Waals surface area contributed by atoms with E-state index in [9.17, 15) is 0 Å². The number of imidazole rings is 1. The van der Waals surface area contributed by atoms with Crippen LogP contribution in [0.5, 0.6) is 0 Å². The van der Waals surface area contributed by atoms with Gasteiger partial charge in [0.05, 0.1) is 11.8 Å². The number of nitrogens with one attached hydrogen (secondary N) is 2. The number of fused-ring (bicyclic) bond motifs is 1. The Labute approximate surface area is 113 Å². The molecule has 0 radical (unpaired) electrons. The molecule has 5 heteroatoms. The predicted molar refractivity (Wildman–Crippen MR) is 77.2 cm³/mol. The molecule has 0 bridgehead atoms. The third-order valence-electron chi connectivity index (χ3n) is 4.12. The summed E-state index contributed by atoms with van der Waals surface area (Å²) in [7, 11) is 4.06. The van der Waals surface area contributed by atoms with Gasteiger partial charge in [-0.15, -0.1) is 0 Å². The van der Waals surface area contributed by atoms with Gasteiger partial charge in [-0.1, -0.05) is 0 Å². The minimum Gasteiger partial charge on any atom is -0.365 e. The largest absolute Gasteiger partial charge is 0.365 e. The third-order valence-corrected chi connectivity index (χ3v) is 4.12. The molecule has 0 amide bonds. The van der Waals surface area contributed by atoms with E-state index in [0.29, 0.717) is 12.1 Å². The van der Waals surface area contributed by atoms with Crippen LogP contribution < -0.4 is 10.6 Å². The fourth-order valence-corrected chi connectivity index (χ4v) is 2.89. The van der Waals surface area contributed by atoms with Gasteiger partial charge in [0.2, 0.25) is 0 Å². The van der Waals surface area contributed by atoms with E-state index in [0.717, 1.165) is 16.9 Å². The Morgan fingerprint density at radius 2 is 1.89 bits per heavy atom. The van der Waals surface area contributed by atoms with Crippen molar-refractivity contribution in [1.29, 1.82) is 0 Å². The monoisotopic (exact) mass is 259 g/mol. The summed E-state index contributed by atoms with van der Waals surface area (Å²) in [5, 5.41) is 6.93. The number of aryl methyl sites for hydroxylation is 1. The number of pyridine rings is 1. The first-order chi connectivity index (χ1) is 9.28. The first-order valence-corrected chi connectivity index (χ1v) is 6.97. The zero-order valence-electron chi connectivity index (χ0n) is 11.6. The molecule has 0 aromatic carbocycles. The zero-order valence-corrected chi connectivity index (χ0v) is 11.6. The zero-order chi connectivity index (χ0) is 13.2. The molecule has 0 spiro atoms. The molecule has 0 aliphatic heterocycles. The van der Waals surface area contributed by atoms with Crippen LogP contribution in [0, 0.1) is 0 Å². The molecule has 2 aromatic rings. The lowest BCUT2D eigenvalue weighted by Crippen LogP contribution is -2.35. The third kappa shape index (κ3) is 2.42. The van der Waals surface area contributed by atoms with Crippen LogP contribution in [0.15, 0.2) is 18.6 Å². The molecule has 1 fully saturated rings. The molecule has 5 nitrogen and oxygen atoms in total. The Balaban J connectivity index is 1.75. The van der Waals surface area contributed by atoms with Crippen molar-refractivity contribution in [3.05, 3.63) is 18.6 Å². The second-order valence-electron chi connectivity index (χ2n) is 5.36. The molecule has 2 heterocycles. The van der Waals surface area contributed by atoms with Gasteiger partial charge in [0.25, 0.3) is 0 Å². The van der Waals surface area contributed by atoms with Crippen molar-refractivity contribution in [3.63, 3.8) is 0 Å². The summed E-state index contributed by atoms with van der Waals surface area (Å²) in [5.41, 5.74) is 2.10. The van der Waals surface area contributed by atoms with E-state index in [1.54, 1.807) is 0 Å². The molecule has 0 atom stereocenters. The SMILES string of the molecule is CNC1CCC(Nc2nccc3c2ncn3C)CC1. The van der Waals surface area contributed by atoms with E-state index in [1.165, 1.54) is 25.7 Å². The normalized spacial score (nSPS) is 23.7. The van der Waals surface area contributed by atoms with Crippen LogP contribution in [0.3, 0.4) is 0 Å². The molecular weight excluding hydrogens is 238 g/mol. The van der Waals surface area contributed by atoms with E-state index >= 15 is 0 Å². The van der Waals surface area contributed by atoms with Crippen LogP contribution >= 0.6 is 0 Å². The standard InChI is InChI=1S/C14H21N5/c1-15-10-3-5-11(6-4-10)18-14-13-12(7-8-16-14)19(2)9-17-13/h7-11,15H,3-6H2,1-2H3,(H,16,18). The maximum absolute atomic E-state index is 4.45. The quantitative estimate of drug-likeness (QED) is 0.884. The maximum atomic E-state index is 4.45. The highest BCUT2D eigenvalue weighted by Gasteiger charge is 2.20. The molecule has 1 aliphatic carbocycles. The van der Waals surface area contributed by atoms with E-state index in [4.69, 9.17) is 0 Å². The fourth-order valence-electron chi connectivity index (χ4n) is 2.89. The fraction of sp³-hybridized carbons (Fsp3) is 0.571. The molecule has 1 saturated carbocycles. The van der Waals surface area contributed by atoms with Gasteiger partial charge < -0.3 is 15.2 Å². The molecule has 19 heavy (non-hydrogen) atoms. The highest BCUT2D eigenvalue weighted by molar-refractivity contribution is 5.85. The number of aromatic nitrogens is 3. The molecule has 2 N–H and O–H groups in total. The minimum atomic E-state index is 0.518. The molecule has 1 aliphatic rings. The van der Waals surface area contributed by atoms with Gasteiger partial charge >= 0.3 is 0 Å². The highest BCUT2D eigenvalue weighted by Crippen LogP contribution is 2.24. The van der Waals surface area contributed by atoms with Gasteiger partial charge in [-0.25, -0.2) is 9.97 Å². The van der Waals surface area contributed by atoms with Crippen LogP contribution in [0.1, 0.15) is 25.7 Å². The summed E-state index contributed by atoms with van der Waals surface area (Å²) in [4.78, 5) is 8.89. The Morgan fingerprint density at radius 3 is 2.63 bits per heavy atom. The molecule has 0 unspecified atom stereocenters. The van der Waals surface area contributed by atoms with Crippen LogP contribution in [-0.2, 0) is 7.05 Å². The van der Waals surface area contributed by atoms with Crippen LogP contribution in [0.2, 0.25) is 0 Å². The lowest BCUT2D eigenvalue weighted by Gasteiger charge is -2.29. The average Bonchev–Trinajstić information content (AvgIpc) is 2.83. The molecule has 2 aromatic heterocycles. The van der Waals surface area contributed by atoms with Gasteiger partial charge in [0, 0.05) is 25.3 Å². The van der Waals surface area contributed by atoms with Crippen LogP contribution in [0.4, 0.5) is 5.82 Å². The number of rotatable bonds is 3. The average molecular weight is 259 g/mol. The smallest absolute Gasteiger partial charge is 0.154 e. The van der Waals surface area contributed by atoms with Gasteiger partial charge in [0.15, 0.2) is 5.82 Å².